The van der Waals surface area contributed by atoms with Crippen LogP contribution in [0.2, 0.25) is 0 Å². The molecule has 0 aliphatic heterocycles. The van der Waals surface area contributed by atoms with Crippen LogP contribution in [0.3, 0.4) is 0 Å². The Morgan fingerprint density at radius 2 is 2.45 bits per heavy atom. The lowest BCUT2D eigenvalue weighted by atomic mass is 10.2. The van der Waals surface area contributed by atoms with Crippen LogP contribution in [-0.2, 0) is 7.05 Å². The first-order valence-corrected chi connectivity index (χ1v) is 3.77. The Hall–Kier alpha value is -0.930. The summed E-state index contributed by atoms with van der Waals surface area (Å²) in [5.41, 5.74) is 0. The van der Waals surface area contributed by atoms with Crippen molar-refractivity contribution in [2.24, 2.45) is 13.0 Å². The Morgan fingerprint density at radius 3 is 2.91 bits per heavy atom. The molecule has 0 unspecified atom stereocenters. The van der Waals surface area contributed by atoms with E-state index in [-0.39, 0.29) is 5.92 Å². The predicted octanol–water partition coefficient (Wildman–Crippen LogP) is 1.24. The van der Waals surface area contributed by atoms with Gasteiger partial charge >= 0.3 is 0 Å². The largest absolute Gasteiger partial charge is 0.318 e. The molecule has 1 heterocycles. The van der Waals surface area contributed by atoms with Gasteiger partial charge in [-0.1, -0.05) is 0 Å². The number of nitrogens with zero attached hydrogens (tertiary/aromatic N) is 3. The third kappa shape index (κ3) is 1.13. The van der Waals surface area contributed by atoms with Gasteiger partial charge in [-0.2, -0.15) is 0 Å². The summed E-state index contributed by atoms with van der Waals surface area (Å²) in [7, 11) is 1.77. The van der Waals surface area contributed by atoms with Crippen molar-refractivity contribution in [2.45, 2.75) is 19.0 Å². The van der Waals surface area contributed by atoms with E-state index in [1.165, 1.54) is 6.33 Å². The van der Waals surface area contributed by atoms with Gasteiger partial charge in [0.05, 0.1) is 0 Å². The molecule has 1 saturated carbocycles. The standard InChI is InChI=1S/C7H10FN3/c1-11-4-9-10-7(11)6(8)5-2-3-5/h4-6H,2-3H2,1H3/t6-/m1/s1. The molecule has 0 aromatic carbocycles. The summed E-state index contributed by atoms with van der Waals surface area (Å²) >= 11 is 0. The number of hydrogen-bond donors (Lipinski definition) is 0. The number of aryl methyl sites for hydroxylation is 1. The topological polar surface area (TPSA) is 30.7 Å². The lowest BCUT2D eigenvalue weighted by molar-refractivity contribution is 0.284. The predicted molar refractivity (Wildman–Crippen MR) is 37.6 cm³/mol. The third-order valence-corrected chi connectivity index (χ3v) is 2.03. The minimum atomic E-state index is -0.900. The molecule has 1 atom stereocenters. The molecule has 60 valence electrons. The first-order valence-electron chi connectivity index (χ1n) is 3.77. The van der Waals surface area contributed by atoms with Crippen LogP contribution in [0.15, 0.2) is 6.33 Å². The average Bonchev–Trinajstić information content (AvgIpc) is 2.74. The van der Waals surface area contributed by atoms with Crippen molar-refractivity contribution in [3.05, 3.63) is 12.2 Å². The summed E-state index contributed by atoms with van der Waals surface area (Å²) in [6.07, 6.45) is 2.62. The second-order valence-electron chi connectivity index (χ2n) is 3.04. The van der Waals surface area contributed by atoms with Gasteiger partial charge in [-0.3, -0.25) is 0 Å². The molecule has 3 nitrogen and oxygen atoms in total. The molecular formula is C7H10FN3. The maximum absolute atomic E-state index is 13.3. The highest BCUT2D eigenvalue weighted by atomic mass is 19.1. The van der Waals surface area contributed by atoms with E-state index >= 15 is 0 Å². The van der Waals surface area contributed by atoms with Crippen molar-refractivity contribution >= 4 is 0 Å². The second-order valence-corrected chi connectivity index (χ2v) is 3.04. The summed E-state index contributed by atoms with van der Waals surface area (Å²) in [5.74, 6) is 0.672. The smallest absolute Gasteiger partial charge is 0.167 e. The Labute approximate surface area is 64.2 Å². The van der Waals surface area contributed by atoms with Crippen molar-refractivity contribution in [2.75, 3.05) is 0 Å². The zero-order valence-electron chi connectivity index (χ0n) is 6.37. The first-order chi connectivity index (χ1) is 5.29. The lowest BCUT2D eigenvalue weighted by Crippen LogP contribution is -2.02. The summed E-state index contributed by atoms with van der Waals surface area (Å²) in [4.78, 5) is 0. The third-order valence-electron chi connectivity index (χ3n) is 2.03. The van der Waals surface area contributed by atoms with Gasteiger partial charge in [0.2, 0.25) is 0 Å². The van der Waals surface area contributed by atoms with E-state index in [1.807, 2.05) is 0 Å². The number of aromatic nitrogens is 3. The van der Waals surface area contributed by atoms with Crippen molar-refractivity contribution in [1.82, 2.24) is 14.8 Å². The van der Waals surface area contributed by atoms with E-state index in [0.29, 0.717) is 5.82 Å². The molecule has 1 aliphatic rings. The highest BCUT2D eigenvalue weighted by Crippen LogP contribution is 2.42. The molecular weight excluding hydrogens is 145 g/mol. The number of halogens is 1. The fraction of sp³-hybridized carbons (Fsp3) is 0.714. The Bertz CT molecular complexity index is 254. The number of rotatable bonds is 2. The average molecular weight is 155 g/mol. The van der Waals surface area contributed by atoms with Gasteiger partial charge in [-0.15, -0.1) is 10.2 Å². The van der Waals surface area contributed by atoms with Crippen LogP contribution >= 0.6 is 0 Å². The fourth-order valence-corrected chi connectivity index (χ4v) is 1.14. The van der Waals surface area contributed by atoms with E-state index < -0.39 is 6.17 Å². The highest BCUT2D eigenvalue weighted by molar-refractivity contribution is 4.97. The lowest BCUT2D eigenvalue weighted by Gasteiger charge is -2.03. The maximum atomic E-state index is 13.3. The van der Waals surface area contributed by atoms with Crippen LogP contribution in [-0.4, -0.2) is 14.8 Å². The van der Waals surface area contributed by atoms with Gasteiger partial charge in [-0.25, -0.2) is 4.39 Å². The minimum Gasteiger partial charge on any atom is -0.318 e. The molecule has 0 spiro atoms. The molecule has 1 aromatic heterocycles. The van der Waals surface area contributed by atoms with Crippen molar-refractivity contribution < 1.29 is 4.39 Å². The molecule has 0 radical (unpaired) electrons. The van der Waals surface area contributed by atoms with E-state index in [4.69, 9.17) is 0 Å². The monoisotopic (exact) mass is 155 g/mol. The zero-order valence-corrected chi connectivity index (χ0v) is 6.37. The summed E-state index contributed by atoms with van der Waals surface area (Å²) in [6.45, 7) is 0. The Balaban J connectivity index is 2.20. The second kappa shape index (κ2) is 2.29. The first kappa shape index (κ1) is 6.76. The van der Waals surface area contributed by atoms with Crippen molar-refractivity contribution in [1.29, 1.82) is 0 Å². The summed E-state index contributed by atoms with van der Waals surface area (Å²) in [5, 5.41) is 7.34. The van der Waals surface area contributed by atoms with Crippen LogP contribution in [0.5, 0.6) is 0 Å². The maximum Gasteiger partial charge on any atom is 0.167 e. The van der Waals surface area contributed by atoms with Gasteiger partial charge in [0.15, 0.2) is 12.0 Å². The van der Waals surface area contributed by atoms with Crippen LogP contribution in [0.1, 0.15) is 24.8 Å². The van der Waals surface area contributed by atoms with Gasteiger partial charge in [0.1, 0.15) is 6.33 Å². The molecule has 1 aromatic rings. The van der Waals surface area contributed by atoms with Gasteiger partial charge in [0, 0.05) is 7.05 Å². The number of alkyl halides is 1. The molecule has 0 saturated heterocycles. The molecule has 4 heteroatoms. The molecule has 0 amide bonds. The van der Waals surface area contributed by atoms with Gasteiger partial charge < -0.3 is 4.57 Å². The van der Waals surface area contributed by atoms with E-state index in [2.05, 4.69) is 10.2 Å². The van der Waals surface area contributed by atoms with E-state index in [9.17, 15) is 4.39 Å². The summed E-state index contributed by atoms with van der Waals surface area (Å²) < 4.78 is 14.9. The van der Waals surface area contributed by atoms with Crippen molar-refractivity contribution in [3.63, 3.8) is 0 Å². The zero-order chi connectivity index (χ0) is 7.84. The molecule has 1 aliphatic carbocycles. The van der Waals surface area contributed by atoms with Crippen LogP contribution < -0.4 is 0 Å². The van der Waals surface area contributed by atoms with E-state index in [0.717, 1.165) is 12.8 Å². The van der Waals surface area contributed by atoms with Crippen LogP contribution in [0, 0.1) is 5.92 Å². The molecule has 0 N–H and O–H groups in total. The Morgan fingerprint density at radius 1 is 1.73 bits per heavy atom. The number of hydrogen-bond acceptors (Lipinski definition) is 2. The van der Waals surface area contributed by atoms with Gasteiger partial charge in [0.25, 0.3) is 0 Å². The molecule has 2 rings (SSSR count). The van der Waals surface area contributed by atoms with Gasteiger partial charge in [-0.05, 0) is 18.8 Å². The van der Waals surface area contributed by atoms with Crippen LogP contribution in [0.4, 0.5) is 4.39 Å². The van der Waals surface area contributed by atoms with Crippen LogP contribution in [0.25, 0.3) is 0 Å². The highest BCUT2D eigenvalue weighted by Gasteiger charge is 2.34. The normalized spacial score (nSPS) is 20.2. The van der Waals surface area contributed by atoms with E-state index in [1.54, 1.807) is 11.6 Å². The molecule has 0 bridgehead atoms. The summed E-state index contributed by atoms with van der Waals surface area (Å²) in [6, 6.07) is 0. The van der Waals surface area contributed by atoms with Crippen molar-refractivity contribution in [3.8, 4) is 0 Å². The molecule has 1 fully saturated rings. The molecule has 11 heavy (non-hydrogen) atoms. The quantitative estimate of drug-likeness (QED) is 0.643. The SMILES string of the molecule is Cn1cnnc1[C@H](F)C1CC1. The fourth-order valence-electron chi connectivity index (χ4n) is 1.14. The Kier molecular flexibility index (Phi) is 1.41. The minimum absolute atomic E-state index is 0.206.